The first-order chi connectivity index (χ1) is 13.7. The van der Waals surface area contributed by atoms with E-state index in [1.165, 1.54) is 6.33 Å². The van der Waals surface area contributed by atoms with Crippen molar-refractivity contribution < 1.29 is 9.53 Å². The Balaban J connectivity index is 1.44. The molecule has 0 radical (unpaired) electrons. The minimum Gasteiger partial charge on any atom is -0.496 e. The molecule has 3 aromatic rings. The Morgan fingerprint density at radius 2 is 1.79 bits per heavy atom. The van der Waals surface area contributed by atoms with Crippen LogP contribution in [0.15, 0.2) is 61.1 Å². The third-order valence-electron chi connectivity index (χ3n) is 3.88. The molecule has 0 atom stereocenters. The molecule has 1 aromatic carbocycles. The maximum Gasteiger partial charge on any atom is 0.224 e. The van der Waals surface area contributed by atoms with Crippen LogP contribution in [-0.4, -0.2) is 41.1 Å². The summed E-state index contributed by atoms with van der Waals surface area (Å²) in [5.74, 6) is 2.65. The van der Waals surface area contributed by atoms with Crippen LogP contribution in [0.3, 0.4) is 0 Å². The number of nitrogens with one attached hydrogen (secondary N) is 3. The number of para-hydroxylation sites is 1. The Labute approximate surface area is 163 Å². The summed E-state index contributed by atoms with van der Waals surface area (Å²) >= 11 is 0. The van der Waals surface area contributed by atoms with Gasteiger partial charge in [-0.1, -0.05) is 24.3 Å². The Kier molecular flexibility index (Phi) is 6.73. The molecule has 8 heteroatoms. The van der Waals surface area contributed by atoms with Crippen molar-refractivity contribution in [3.05, 3.63) is 66.6 Å². The van der Waals surface area contributed by atoms with Gasteiger partial charge in [0, 0.05) is 30.9 Å². The van der Waals surface area contributed by atoms with Gasteiger partial charge in [-0.05, 0) is 18.2 Å². The Hall–Kier alpha value is -3.68. The maximum atomic E-state index is 12.1. The summed E-state index contributed by atoms with van der Waals surface area (Å²) in [5, 5.41) is 9.15. The Morgan fingerprint density at radius 3 is 2.61 bits per heavy atom. The average Bonchev–Trinajstić information content (AvgIpc) is 2.73. The van der Waals surface area contributed by atoms with Crippen LogP contribution in [0.4, 0.5) is 17.5 Å². The van der Waals surface area contributed by atoms with E-state index in [0.717, 1.165) is 5.56 Å². The number of nitrogens with zero attached hydrogens (tertiary/aromatic N) is 3. The monoisotopic (exact) mass is 378 g/mol. The van der Waals surface area contributed by atoms with E-state index < -0.39 is 0 Å². The van der Waals surface area contributed by atoms with Crippen molar-refractivity contribution in [3.8, 4) is 5.75 Å². The fourth-order valence-electron chi connectivity index (χ4n) is 2.57. The molecule has 0 aliphatic heterocycles. The van der Waals surface area contributed by atoms with Crippen LogP contribution in [0.1, 0.15) is 5.56 Å². The number of carbonyl (C=O) groups is 1. The lowest BCUT2D eigenvalue weighted by molar-refractivity contribution is -0.120. The molecule has 0 unspecified atom stereocenters. The largest absolute Gasteiger partial charge is 0.496 e. The van der Waals surface area contributed by atoms with Gasteiger partial charge < -0.3 is 20.7 Å². The second-order valence-corrected chi connectivity index (χ2v) is 5.89. The second kappa shape index (κ2) is 9.86. The van der Waals surface area contributed by atoms with Crippen molar-refractivity contribution in [2.45, 2.75) is 6.42 Å². The fourth-order valence-corrected chi connectivity index (χ4v) is 2.57. The normalized spacial score (nSPS) is 10.2. The standard InChI is InChI=1S/C20H22N6O2/c1-28-16-7-3-2-6-15(16)12-20(27)23-11-10-22-18-13-19(25-14-24-18)26-17-8-4-5-9-21-17/h2-9,13-14H,10-12H2,1H3,(H,23,27)(H2,21,22,24,25,26). The van der Waals surface area contributed by atoms with E-state index in [4.69, 9.17) is 4.74 Å². The molecule has 1 amide bonds. The van der Waals surface area contributed by atoms with Crippen molar-refractivity contribution in [1.29, 1.82) is 0 Å². The lowest BCUT2D eigenvalue weighted by Gasteiger charge is -2.10. The number of amides is 1. The number of ether oxygens (including phenoxy) is 1. The Morgan fingerprint density at radius 1 is 0.964 bits per heavy atom. The van der Waals surface area contributed by atoms with Gasteiger partial charge in [0.05, 0.1) is 13.5 Å². The maximum absolute atomic E-state index is 12.1. The van der Waals surface area contributed by atoms with E-state index in [1.54, 1.807) is 19.4 Å². The van der Waals surface area contributed by atoms with Gasteiger partial charge in [0.25, 0.3) is 0 Å². The van der Waals surface area contributed by atoms with Gasteiger partial charge in [-0.15, -0.1) is 0 Å². The smallest absolute Gasteiger partial charge is 0.224 e. The number of carbonyl (C=O) groups excluding carboxylic acids is 1. The third-order valence-corrected chi connectivity index (χ3v) is 3.88. The molecule has 0 spiro atoms. The van der Waals surface area contributed by atoms with E-state index in [2.05, 4.69) is 30.9 Å². The van der Waals surface area contributed by atoms with Crippen molar-refractivity contribution in [1.82, 2.24) is 20.3 Å². The third kappa shape index (κ3) is 5.66. The predicted molar refractivity (Wildman–Crippen MR) is 108 cm³/mol. The summed E-state index contributed by atoms with van der Waals surface area (Å²) in [6.45, 7) is 1.01. The number of anilines is 3. The molecule has 8 nitrogen and oxygen atoms in total. The second-order valence-electron chi connectivity index (χ2n) is 5.89. The number of benzene rings is 1. The zero-order valence-corrected chi connectivity index (χ0v) is 15.6. The molecule has 3 rings (SSSR count). The van der Waals surface area contributed by atoms with Crippen LogP contribution in [0.5, 0.6) is 5.75 Å². The molecule has 2 aromatic heterocycles. The van der Waals surface area contributed by atoms with Crippen molar-refractivity contribution >= 4 is 23.4 Å². The summed E-state index contributed by atoms with van der Waals surface area (Å²) in [7, 11) is 1.60. The lowest BCUT2D eigenvalue weighted by atomic mass is 10.1. The predicted octanol–water partition coefficient (Wildman–Crippen LogP) is 2.39. The molecule has 0 aliphatic carbocycles. The van der Waals surface area contributed by atoms with Crippen LogP contribution in [0.25, 0.3) is 0 Å². The first-order valence-corrected chi connectivity index (χ1v) is 8.87. The number of aromatic nitrogens is 3. The number of rotatable bonds is 9. The molecule has 0 saturated carbocycles. The molecular formula is C20H22N6O2. The van der Waals surface area contributed by atoms with Crippen LogP contribution in [0, 0.1) is 0 Å². The number of methoxy groups -OCH3 is 1. The molecule has 0 aliphatic rings. The van der Waals surface area contributed by atoms with E-state index in [9.17, 15) is 4.79 Å². The summed E-state index contributed by atoms with van der Waals surface area (Å²) < 4.78 is 5.27. The van der Waals surface area contributed by atoms with E-state index in [0.29, 0.717) is 36.3 Å². The first kappa shape index (κ1) is 19.1. The summed E-state index contributed by atoms with van der Waals surface area (Å²) in [4.78, 5) is 24.7. The molecule has 0 saturated heterocycles. The highest BCUT2D eigenvalue weighted by atomic mass is 16.5. The molecular weight excluding hydrogens is 356 g/mol. The van der Waals surface area contributed by atoms with Crippen LogP contribution < -0.4 is 20.7 Å². The number of pyridine rings is 1. The van der Waals surface area contributed by atoms with E-state index in [-0.39, 0.29) is 12.3 Å². The number of hydrogen-bond donors (Lipinski definition) is 3. The van der Waals surface area contributed by atoms with Gasteiger partial charge >= 0.3 is 0 Å². The summed E-state index contributed by atoms with van der Waals surface area (Å²) in [5.41, 5.74) is 0.858. The minimum atomic E-state index is -0.0634. The average molecular weight is 378 g/mol. The van der Waals surface area contributed by atoms with Crippen molar-refractivity contribution in [2.24, 2.45) is 0 Å². The van der Waals surface area contributed by atoms with Gasteiger partial charge in [-0.25, -0.2) is 15.0 Å². The van der Waals surface area contributed by atoms with Gasteiger partial charge in [0.1, 0.15) is 29.5 Å². The van der Waals surface area contributed by atoms with Gasteiger partial charge in [-0.3, -0.25) is 4.79 Å². The van der Waals surface area contributed by atoms with E-state index >= 15 is 0 Å². The lowest BCUT2D eigenvalue weighted by Crippen LogP contribution is -2.30. The molecule has 2 heterocycles. The highest BCUT2D eigenvalue weighted by molar-refractivity contribution is 5.79. The highest BCUT2D eigenvalue weighted by Crippen LogP contribution is 2.17. The molecule has 0 bridgehead atoms. The highest BCUT2D eigenvalue weighted by Gasteiger charge is 2.07. The topological polar surface area (TPSA) is 101 Å². The molecule has 3 N–H and O–H groups in total. The minimum absolute atomic E-state index is 0.0634. The van der Waals surface area contributed by atoms with E-state index in [1.807, 2.05) is 42.5 Å². The van der Waals surface area contributed by atoms with Crippen LogP contribution >= 0.6 is 0 Å². The molecule has 0 fully saturated rings. The SMILES string of the molecule is COc1ccccc1CC(=O)NCCNc1cc(Nc2ccccn2)ncn1. The van der Waals surface area contributed by atoms with Gasteiger partial charge in [0.15, 0.2) is 0 Å². The fraction of sp³-hybridized carbons (Fsp3) is 0.200. The summed E-state index contributed by atoms with van der Waals surface area (Å²) in [6.07, 6.45) is 3.44. The quantitative estimate of drug-likeness (QED) is 0.492. The van der Waals surface area contributed by atoms with Gasteiger partial charge in [-0.2, -0.15) is 0 Å². The molecule has 144 valence electrons. The van der Waals surface area contributed by atoms with Crippen molar-refractivity contribution in [2.75, 3.05) is 30.8 Å². The van der Waals surface area contributed by atoms with Crippen molar-refractivity contribution in [3.63, 3.8) is 0 Å². The van der Waals surface area contributed by atoms with Crippen LogP contribution in [0.2, 0.25) is 0 Å². The summed E-state index contributed by atoms with van der Waals surface area (Å²) in [6, 6.07) is 14.9. The van der Waals surface area contributed by atoms with Crippen LogP contribution in [-0.2, 0) is 11.2 Å². The number of hydrogen-bond acceptors (Lipinski definition) is 7. The zero-order chi connectivity index (χ0) is 19.6. The Bertz CT molecular complexity index is 904. The molecule has 28 heavy (non-hydrogen) atoms. The van der Waals surface area contributed by atoms with Gasteiger partial charge in [0.2, 0.25) is 5.91 Å². The first-order valence-electron chi connectivity index (χ1n) is 8.87. The zero-order valence-electron chi connectivity index (χ0n) is 15.6.